The van der Waals surface area contributed by atoms with Crippen molar-refractivity contribution in [2.75, 3.05) is 33.9 Å². The first-order valence-corrected chi connectivity index (χ1v) is 13.0. The van der Waals surface area contributed by atoms with Gasteiger partial charge in [0.05, 0.1) is 19.9 Å². The summed E-state index contributed by atoms with van der Waals surface area (Å²) in [6, 6.07) is 22.9. The molecule has 2 atom stereocenters. The molecule has 1 saturated heterocycles. The number of hydrogen-bond donors (Lipinski definition) is 0. The number of esters is 1. The van der Waals surface area contributed by atoms with Crippen molar-refractivity contribution in [2.45, 2.75) is 38.3 Å². The molecule has 0 radical (unpaired) electrons. The van der Waals surface area contributed by atoms with Crippen molar-refractivity contribution in [1.82, 2.24) is 4.90 Å². The van der Waals surface area contributed by atoms with Crippen LogP contribution in [0.5, 0.6) is 11.5 Å². The number of ether oxygens (including phenoxy) is 3. The van der Waals surface area contributed by atoms with E-state index in [9.17, 15) is 4.79 Å². The molecule has 0 bridgehead atoms. The third-order valence-corrected chi connectivity index (χ3v) is 7.41. The lowest BCUT2D eigenvalue weighted by Gasteiger charge is -2.44. The highest BCUT2D eigenvalue weighted by molar-refractivity contribution is 5.92. The van der Waals surface area contributed by atoms with Gasteiger partial charge in [0, 0.05) is 37.0 Å². The minimum absolute atomic E-state index is 0.130. The summed E-state index contributed by atoms with van der Waals surface area (Å²) in [6.07, 6.45) is 1.54. The second kappa shape index (κ2) is 11.7. The summed E-state index contributed by atoms with van der Waals surface area (Å²) in [5.41, 5.74) is 6.87. The van der Waals surface area contributed by atoms with Crippen molar-refractivity contribution in [1.29, 1.82) is 0 Å². The fourth-order valence-electron chi connectivity index (χ4n) is 5.50. The zero-order valence-electron chi connectivity index (χ0n) is 22.2. The molecule has 3 aromatic carbocycles. The Kier molecular flexibility index (Phi) is 7.94. The molecule has 38 heavy (non-hydrogen) atoms. The van der Waals surface area contributed by atoms with E-state index in [1.54, 1.807) is 7.11 Å². The van der Waals surface area contributed by atoms with Crippen LogP contribution in [-0.4, -0.2) is 50.5 Å². The molecule has 2 heterocycles. The number of oxime groups is 1. The molecule has 5 rings (SSSR count). The van der Waals surface area contributed by atoms with Crippen LogP contribution in [-0.2, 0) is 27.4 Å². The molecule has 0 spiro atoms. The van der Waals surface area contributed by atoms with Gasteiger partial charge in [-0.1, -0.05) is 71.4 Å². The molecule has 0 saturated carbocycles. The molecule has 1 fully saturated rings. The molecular formula is C31H34N2O5. The monoisotopic (exact) mass is 514 g/mol. The van der Waals surface area contributed by atoms with Crippen LogP contribution in [0.25, 0.3) is 0 Å². The van der Waals surface area contributed by atoms with Crippen LogP contribution in [0, 0.1) is 6.92 Å². The number of aryl methyl sites for hydroxylation is 1. The lowest BCUT2D eigenvalue weighted by molar-refractivity contribution is -0.142. The van der Waals surface area contributed by atoms with Crippen LogP contribution in [0.1, 0.15) is 46.2 Å². The van der Waals surface area contributed by atoms with Gasteiger partial charge in [0.15, 0.2) is 18.1 Å². The average molecular weight is 515 g/mol. The van der Waals surface area contributed by atoms with E-state index < -0.39 is 5.97 Å². The van der Waals surface area contributed by atoms with Crippen LogP contribution >= 0.6 is 0 Å². The van der Waals surface area contributed by atoms with Crippen molar-refractivity contribution >= 4 is 11.7 Å². The summed E-state index contributed by atoms with van der Waals surface area (Å²) in [6.45, 7) is 4.12. The van der Waals surface area contributed by atoms with Gasteiger partial charge in [0.2, 0.25) is 0 Å². The number of benzene rings is 3. The van der Waals surface area contributed by atoms with E-state index in [1.165, 1.54) is 23.8 Å². The number of hydrogen-bond acceptors (Lipinski definition) is 7. The van der Waals surface area contributed by atoms with Gasteiger partial charge in [0.1, 0.15) is 6.61 Å². The minimum atomic E-state index is -0.425. The van der Waals surface area contributed by atoms with E-state index in [-0.39, 0.29) is 18.6 Å². The molecule has 2 aliphatic heterocycles. The molecule has 0 N–H and O–H groups in total. The Morgan fingerprint density at radius 3 is 2.66 bits per heavy atom. The van der Waals surface area contributed by atoms with Crippen molar-refractivity contribution in [3.63, 3.8) is 0 Å². The predicted molar refractivity (Wildman–Crippen MR) is 146 cm³/mol. The number of rotatable bonds is 8. The smallest absolute Gasteiger partial charge is 0.343 e. The van der Waals surface area contributed by atoms with Crippen LogP contribution < -0.4 is 9.47 Å². The van der Waals surface area contributed by atoms with E-state index in [0.717, 1.165) is 42.8 Å². The number of piperidine rings is 1. The molecule has 7 nitrogen and oxygen atoms in total. The highest BCUT2D eigenvalue weighted by Gasteiger charge is 2.39. The van der Waals surface area contributed by atoms with E-state index in [1.807, 2.05) is 36.4 Å². The van der Waals surface area contributed by atoms with Gasteiger partial charge in [-0.05, 0) is 36.1 Å². The zero-order chi connectivity index (χ0) is 26.5. The lowest BCUT2D eigenvalue weighted by atomic mass is 9.79. The number of methoxy groups -OCH3 is 2. The van der Waals surface area contributed by atoms with Crippen molar-refractivity contribution in [3.8, 4) is 11.5 Å². The summed E-state index contributed by atoms with van der Waals surface area (Å²) < 4.78 is 16.3. The Morgan fingerprint density at radius 2 is 1.89 bits per heavy atom. The first-order chi connectivity index (χ1) is 18.6. The van der Waals surface area contributed by atoms with Crippen molar-refractivity contribution < 1.29 is 23.8 Å². The van der Waals surface area contributed by atoms with Crippen LogP contribution in [0.15, 0.2) is 71.9 Å². The first-order valence-electron chi connectivity index (χ1n) is 13.0. The minimum Gasteiger partial charge on any atom is -0.493 e. The quantitative estimate of drug-likeness (QED) is 0.304. The summed E-state index contributed by atoms with van der Waals surface area (Å²) in [5, 5.41) is 4.73. The molecule has 3 aromatic rings. The number of nitrogens with zero attached hydrogens (tertiary/aromatic N) is 2. The summed E-state index contributed by atoms with van der Waals surface area (Å²) in [5.74, 6) is 0.965. The Morgan fingerprint density at radius 1 is 1.05 bits per heavy atom. The third-order valence-electron chi connectivity index (χ3n) is 7.41. The SMILES string of the molecule is COC(=O)COc1c(OC)ccc2c1CCN1C[C@H](c3cccc(C)c3)C(=NOCc3ccccc3)C[C@@H]21. The highest BCUT2D eigenvalue weighted by atomic mass is 16.6. The first kappa shape index (κ1) is 25.8. The molecule has 0 aromatic heterocycles. The van der Waals surface area contributed by atoms with Crippen molar-refractivity contribution in [3.05, 3.63) is 94.5 Å². The molecule has 0 unspecified atom stereocenters. The van der Waals surface area contributed by atoms with Gasteiger partial charge >= 0.3 is 5.97 Å². The van der Waals surface area contributed by atoms with E-state index >= 15 is 0 Å². The molecular weight excluding hydrogens is 480 g/mol. The largest absolute Gasteiger partial charge is 0.493 e. The lowest BCUT2D eigenvalue weighted by Crippen LogP contribution is -2.45. The maximum absolute atomic E-state index is 11.8. The molecule has 198 valence electrons. The normalized spacial score (nSPS) is 19.8. The van der Waals surface area contributed by atoms with Gasteiger partial charge in [-0.2, -0.15) is 0 Å². The van der Waals surface area contributed by atoms with Gasteiger partial charge in [0.25, 0.3) is 0 Å². The van der Waals surface area contributed by atoms with Gasteiger partial charge in [-0.3, -0.25) is 4.90 Å². The molecule has 0 aliphatic carbocycles. The van der Waals surface area contributed by atoms with Gasteiger partial charge in [-0.15, -0.1) is 0 Å². The van der Waals surface area contributed by atoms with Crippen LogP contribution in [0.4, 0.5) is 0 Å². The van der Waals surface area contributed by atoms with Crippen LogP contribution in [0.2, 0.25) is 0 Å². The topological polar surface area (TPSA) is 69.6 Å². The number of fused-ring (bicyclic) bond motifs is 3. The van der Waals surface area contributed by atoms with E-state index in [4.69, 9.17) is 24.2 Å². The fraction of sp³-hybridized carbons (Fsp3) is 0.355. The second-order valence-corrected chi connectivity index (χ2v) is 9.80. The number of carbonyl (C=O) groups excluding carboxylic acids is 1. The van der Waals surface area contributed by atoms with Gasteiger partial charge in [-0.25, -0.2) is 4.79 Å². The van der Waals surface area contributed by atoms with E-state index in [2.05, 4.69) is 42.2 Å². The second-order valence-electron chi connectivity index (χ2n) is 9.80. The Hall–Kier alpha value is -3.84. The summed E-state index contributed by atoms with van der Waals surface area (Å²) in [7, 11) is 2.97. The summed E-state index contributed by atoms with van der Waals surface area (Å²) >= 11 is 0. The average Bonchev–Trinajstić information content (AvgIpc) is 2.95. The molecule has 7 heteroatoms. The standard InChI is InChI=1S/C31H34N2O5/c1-21-8-7-11-23(16-21)26-18-33-15-14-25-24(12-13-29(35-2)31(25)37-20-30(34)36-3)28(33)17-27(26)32-38-19-22-9-5-4-6-10-22/h4-13,16,26,28H,14-15,17-20H2,1-3H3/t26-,28+/m1/s1. The highest BCUT2D eigenvalue weighted by Crippen LogP contribution is 2.45. The van der Waals surface area contributed by atoms with Gasteiger partial charge < -0.3 is 19.0 Å². The Bertz CT molecular complexity index is 1310. The Labute approximate surface area is 224 Å². The third kappa shape index (κ3) is 5.53. The fourth-order valence-corrected chi connectivity index (χ4v) is 5.50. The zero-order valence-corrected chi connectivity index (χ0v) is 22.2. The molecule has 0 amide bonds. The van der Waals surface area contributed by atoms with E-state index in [0.29, 0.717) is 18.1 Å². The predicted octanol–water partition coefficient (Wildman–Crippen LogP) is 5.21. The maximum Gasteiger partial charge on any atom is 0.343 e. The number of carbonyl (C=O) groups is 1. The Balaban J connectivity index is 1.46. The summed E-state index contributed by atoms with van der Waals surface area (Å²) in [4.78, 5) is 20.2. The van der Waals surface area contributed by atoms with Crippen molar-refractivity contribution in [2.24, 2.45) is 5.16 Å². The molecule has 2 aliphatic rings. The van der Waals surface area contributed by atoms with Crippen LogP contribution in [0.3, 0.4) is 0 Å². The maximum atomic E-state index is 11.8.